The molecule has 13 nitrogen and oxygen atoms in total. The summed E-state index contributed by atoms with van der Waals surface area (Å²) in [5, 5.41) is 3.69. The predicted molar refractivity (Wildman–Crippen MR) is 280 cm³/mol. The number of nitrogens with one attached hydrogen (secondary N) is 2. The van der Waals surface area contributed by atoms with E-state index in [4.69, 9.17) is 16.6 Å². The third kappa shape index (κ3) is 13.1. The van der Waals surface area contributed by atoms with E-state index in [1.807, 2.05) is 19.2 Å². The Labute approximate surface area is 433 Å². The first-order chi connectivity index (χ1) is 34.4. The van der Waals surface area contributed by atoms with E-state index in [2.05, 4.69) is 60.6 Å². The third-order valence-electron chi connectivity index (χ3n) is 14.2. The fourth-order valence-corrected chi connectivity index (χ4v) is 13.1. The molecule has 0 spiro atoms. The molecule has 1 atom stereocenters. The summed E-state index contributed by atoms with van der Waals surface area (Å²) in [7, 11) is -5.50. The van der Waals surface area contributed by atoms with Crippen molar-refractivity contribution in [3.05, 3.63) is 100.0 Å². The van der Waals surface area contributed by atoms with E-state index >= 15 is 0 Å². The lowest BCUT2D eigenvalue weighted by atomic mass is 9.72. The minimum atomic E-state index is -6.11. The standard InChI is InChI=1S/C51H66ClF4N9O4S3/c1-50(2)21-16-36(42(31-50)35-10-12-37(52)13-11-35)32-64-23-18-39(19-24-64)65-25-20-41-45(33-65)58-49(61(3)4)59-48(41)60-72(68,69)40-14-15-44(47(30-40)71(66,67)51(54,55)56)57-38(17-22-63-28-26-62(5)27-29-63)34-70-46-9-7-6-8-43(46)53/h6-15,30,38-39,57H,16-29,31-34H2,1-5H3,(H,58,59,60)/t38-/m1/s1/i39D. The molecular weight excluding hydrogens is 1010 g/mol. The second-order valence-electron chi connectivity index (χ2n) is 20.4. The number of halogens is 5. The number of piperazine rings is 1. The highest BCUT2D eigenvalue weighted by Crippen LogP contribution is 2.44. The predicted octanol–water partition coefficient (Wildman–Crippen LogP) is 9.13. The molecule has 0 unspecified atom stereocenters. The van der Waals surface area contributed by atoms with E-state index in [0.717, 1.165) is 89.0 Å². The lowest BCUT2D eigenvalue weighted by Gasteiger charge is -2.42. The zero-order chi connectivity index (χ0) is 52.5. The number of likely N-dealkylation sites (tertiary alicyclic amines) is 1. The minimum Gasteiger partial charge on any atom is -0.380 e. The van der Waals surface area contributed by atoms with E-state index in [1.165, 1.54) is 22.8 Å². The Bertz CT molecular complexity index is 2880. The van der Waals surface area contributed by atoms with Gasteiger partial charge >= 0.3 is 5.51 Å². The molecule has 4 aliphatic rings. The molecule has 0 amide bonds. The number of alkyl halides is 3. The van der Waals surface area contributed by atoms with Crippen molar-refractivity contribution < 1.29 is 35.8 Å². The van der Waals surface area contributed by atoms with Gasteiger partial charge in [-0.15, -0.1) is 11.8 Å². The average molecular weight is 1080 g/mol. The van der Waals surface area contributed by atoms with Gasteiger partial charge in [0.2, 0.25) is 5.95 Å². The van der Waals surface area contributed by atoms with Crippen molar-refractivity contribution in [1.29, 1.82) is 0 Å². The van der Waals surface area contributed by atoms with Gasteiger partial charge in [-0.1, -0.05) is 55.3 Å². The molecule has 2 saturated heterocycles. The molecule has 4 heterocycles. The fourth-order valence-electron chi connectivity index (χ4n) is 9.89. The highest BCUT2D eigenvalue weighted by molar-refractivity contribution is 7.99. The molecule has 392 valence electrons. The normalized spacial score (nSPS) is 20.2. The lowest BCUT2D eigenvalue weighted by molar-refractivity contribution is -0.0435. The van der Waals surface area contributed by atoms with Gasteiger partial charge in [0.05, 0.1) is 16.3 Å². The highest BCUT2D eigenvalue weighted by atomic mass is 35.5. The van der Waals surface area contributed by atoms with Crippen molar-refractivity contribution in [2.75, 3.05) is 101 Å². The van der Waals surface area contributed by atoms with Gasteiger partial charge in [0, 0.05) is 101 Å². The van der Waals surface area contributed by atoms with Crippen molar-refractivity contribution in [2.45, 2.75) is 97.6 Å². The number of allylic oxidation sites excluding steroid dienone is 1. The van der Waals surface area contributed by atoms with Crippen molar-refractivity contribution in [1.82, 2.24) is 29.6 Å². The maximum Gasteiger partial charge on any atom is 0.501 e. The van der Waals surface area contributed by atoms with Gasteiger partial charge in [0.15, 0.2) is 0 Å². The largest absolute Gasteiger partial charge is 0.501 e. The number of thioether (sulfide) groups is 1. The zero-order valence-corrected chi connectivity index (χ0v) is 44.7. The minimum absolute atomic E-state index is 0.0841. The van der Waals surface area contributed by atoms with Crippen LogP contribution in [-0.2, 0) is 32.8 Å². The van der Waals surface area contributed by atoms with Crippen LogP contribution in [0.5, 0.6) is 0 Å². The number of likely N-dealkylation sites (N-methyl/N-ethyl adjacent to an activating group) is 1. The monoisotopic (exact) mass is 1080 g/mol. The number of rotatable bonds is 17. The summed E-state index contributed by atoms with van der Waals surface area (Å²) in [4.78, 5) is 18.2. The molecule has 2 fully saturated rings. The van der Waals surface area contributed by atoms with Crippen LogP contribution in [0.1, 0.15) is 70.6 Å². The van der Waals surface area contributed by atoms with Gasteiger partial charge in [0.25, 0.3) is 19.9 Å². The summed E-state index contributed by atoms with van der Waals surface area (Å²) in [5.41, 5.74) is -1.04. The second-order valence-corrected chi connectivity index (χ2v) is 25.5. The molecule has 3 aromatic carbocycles. The summed E-state index contributed by atoms with van der Waals surface area (Å²) < 4.78 is 126. The summed E-state index contributed by atoms with van der Waals surface area (Å²) in [6, 6.07) is 15.2. The van der Waals surface area contributed by atoms with Crippen LogP contribution in [0.3, 0.4) is 0 Å². The molecule has 0 saturated carbocycles. The molecule has 8 rings (SSSR count). The van der Waals surface area contributed by atoms with E-state index in [9.17, 15) is 35.8 Å². The van der Waals surface area contributed by atoms with Crippen LogP contribution < -0.4 is 14.9 Å². The number of benzene rings is 3. The molecule has 3 aliphatic heterocycles. The Hall–Kier alpha value is -4.02. The molecule has 21 heteroatoms. The Kier molecular flexibility index (Phi) is 16.5. The Morgan fingerprint density at radius 1 is 0.931 bits per heavy atom. The number of hydrogen-bond donors (Lipinski definition) is 2. The fraction of sp³-hybridized carbons (Fsp3) is 0.529. The van der Waals surface area contributed by atoms with Gasteiger partial charge in [0.1, 0.15) is 16.5 Å². The zero-order valence-electron chi connectivity index (χ0n) is 42.5. The number of sulfone groups is 1. The summed E-state index contributed by atoms with van der Waals surface area (Å²) in [6.45, 7) is 11.2. The van der Waals surface area contributed by atoms with Crippen molar-refractivity contribution >= 4 is 66.3 Å². The van der Waals surface area contributed by atoms with Gasteiger partial charge in [-0.2, -0.15) is 18.2 Å². The Morgan fingerprint density at radius 2 is 1.64 bits per heavy atom. The van der Waals surface area contributed by atoms with Crippen LogP contribution in [0.4, 0.5) is 35.0 Å². The number of piperidine rings is 1. The van der Waals surface area contributed by atoms with Crippen molar-refractivity contribution in [2.24, 2.45) is 5.41 Å². The first-order valence-corrected chi connectivity index (χ1v) is 28.8. The first-order valence-electron chi connectivity index (χ1n) is 24.9. The van der Waals surface area contributed by atoms with E-state index < -0.39 is 58.7 Å². The Morgan fingerprint density at radius 3 is 2.32 bits per heavy atom. The molecule has 4 aromatic rings. The van der Waals surface area contributed by atoms with Crippen LogP contribution >= 0.6 is 23.4 Å². The SMILES string of the molecule is [2H]C1(N2CCc3c(nc(N(C)C)nc3NS(=O)(=O)c3ccc(N[C@H](CCN4CCN(C)CC4)CSc4ccccc4F)c(S(=O)(=O)C(F)(F)F)c3)C2)CCN(CC2=C(c3ccc(Cl)cc3)CC(C)(C)CC2)CC1. The van der Waals surface area contributed by atoms with E-state index in [-0.39, 0.29) is 35.9 Å². The second kappa shape index (κ2) is 22.4. The number of nitrogens with zero attached hydrogens (tertiary/aromatic N) is 7. The van der Waals surface area contributed by atoms with Crippen LogP contribution in [-0.4, -0.2) is 150 Å². The number of aromatic nitrogens is 2. The molecule has 2 N–H and O–H groups in total. The number of anilines is 3. The van der Waals surface area contributed by atoms with Crippen molar-refractivity contribution in [3.8, 4) is 0 Å². The molecule has 1 aromatic heterocycles. The summed E-state index contributed by atoms with van der Waals surface area (Å²) in [6.07, 6.45) is 4.88. The van der Waals surface area contributed by atoms with Gasteiger partial charge in [-0.3, -0.25) is 14.5 Å². The lowest BCUT2D eigenvalue weighted by Crippen LogP contribution is -2.47. The first kappa shape index (κ1) is 52.8. The average Bonchev–Trinajstić information content (AvgIpc) is 3.34. The molecule has 72 heavy (non-hydrogen) atoms. The van der Waals surface area contributed by atoms with E-state index in [0.29, 0.717) is 59.6 Å². The van der Waals surface area contributed by atoms with Crippen LogP contribution in [0.2, 0.25) is 5.02 Å². The highest BCUT2D eigenvalue weighted by Gasteiger charge is 2.48. The maximum absolute atomic E-state index is 14.7. The quantitative estimate of drug-likeness (QED) is 0.0770. The molecular formula is C51H66ClF4N9O4S3. The van der Waals surface area contributed by atoms with Crippen LogP contribution in [0, 0.1) is 11.2 Å². The molecule has 0 bridgehead atoms. The molecule has 1 aliphatic carbocycles. The van der Waals surface area contributed by atoms with Crippen molar-refractivity contribution in [3.63, 3.8) is 0 Å². The van der Waals surface area contributed by atoms with E-state index in [1.54, 1.807) is 37.2 Å². The van der Waals surface area contributed by atoms with Crippen LogP contribution in [0.25, 0.3) is 5.57 Å². The number of hydrogen-bond acceptors (Lipinski definition) is 13. The summed E-state index contributed by atoms with van der Waals surface area (Å²) >= 11 is 7.39. The number of fused-ring (bicyclic) bond motifs is 1. The number of sulfonamides is 1. The third-order valence-corrected chi connectivity index (χ3v) is 18.6. The Balaban J connectivity index is 1.01. The topological polar surface area (TPSA) is 134 Å². The smallest absolute Gasteiger partial charge is 0.380 e. The van der Waals surface area contributed by atoms with Gasteiger partial charge in [-0.25, -0.2) is 26.2 Å². The van der Waals surface area contributed by atoms with Crippen LogP contribution in [0.15, 0.2) is 87.0 Å². The summed E-state index contributed by atoms with van der Waals surface area (Å²) in [5.74, 6) is -0.222. The van der Waals surface area contributed by atoms with Gasteiger partial charge < -0.3 is 20.0 Å². The molecule has 0 radical (unpaired) electrons. The van der Waals surface area contributed by atoms with Gasteiger partial charge in [-0.05, 0) is 124 Å². The maximum atomic E-state index is 14.7.